The summed E-state index contributed by atoms with van der Waals surface area (Å²) in [6, 6.07) is 1.10. The average molecular weight is 457 g/mol. The largest absolute Gasteiger partial charge is 0.383 e. The van der Waals surface area contributed by atoms with E-state index in [1.54, 1.807) is 6.33 Å². The van der Waals surface area contributed by atoms with Gasteiger partial charge in [-0.2, -0.15) is 0 Å². The molecule has 0 spiro atoms. The Kier molecular flexibility index (Phi) is 3.64. The van der Waals surface area contributed by atoms with Crippen LogP contribution in [0.2, 0.25) is 0 Å². The number of fused-ring (bicyclic) bond motifs is 3. The van der Waals surface area contributed by atoms with Crippen molar-refractivity contribution in [2.24, 2.45) is 5.92 Å². The number of hydrogen-bond acceptors (Lipinski definition) is 5. The number of nitrogens with two attached hydrogens (primary N) is 1. The summed E-state index contributed by atoms with van der Waals surface area (Å²) in [5, 5.41) is 1.43. The molecule has 2 aromatic rings. The maximum atomic E-state index is 11.8. The highest BCUT2D eigenvalue weighted by Gasteiger charge is 2.44. The molecule has 0 amide bonds. The van der Waals surface area contributed by atoms with E-state index < -0.39 is 10.8 Å². The van der Waals surface area contributed by atoms with Crippen LogP contribution in [0.5, 0.6) is 0 Å². The lowest BCUT2D eigenvalue weighted by Gasteiger charge is -2.40. The van der Waals surface area contributed by atoms with Gasteiger partial charge in [-0.3, -0.25) is 9.11 Å². The molecule has 3 aliphatic rings. The predicted octanol–water partition coefficient (Wildman–Crippen LogP) is 1.77. The SMILES string of the molecule is Nc1ncnc2c1c(I)cn2C1CC(CN2C[C@@H]3C[C@H]2CS3=O)C1. The minimum absolute atomic E-state index is 0.445. The van der Waals surface area contributed by atoms with Crippen LogP contribution in [0.3, 0.4) is 0 Å². The Balaban J connectivity index is 1.28. The Morgan fingerprint density at radius 3 is 2.83 bits per heavy atom. The van der Waals surface area contributed by atoms with E-state index in [4.69, 9.17) is 5.73 Å². The van der Waals surface area contributed by atoms with Crippen molar-refractivity contribution >= 4 is 50.2 Å². The van der Waals surface area contributed by atoms with Crippen molar-refractivity contribution in [2.75, 3.05) is 24.6 Å². The highest BCUT2D eigenvalue weighted by molar-refractivity contribution is 14.1. The quantitative estimate of drug-likeness (QED) is 0.712. The Bertz CT molecular complexity index is 833. The van der Waals surface area contributed by atoms with Crippen molar-refractivity contribution in [2.45, 2.75) is 36.6 Å². The van der Waals surface area contributed by atoms with Crippen molar-refractivity contribution in [1.29, 1.82) is 0 Å². The molecular formula is C16H20IN5OS. The molecule has 1 unspecified atom stereocenters. The molecule has 2 aliphatic heterocycles. The van der Waals surface area contributed by atoms with Crippen molar-refractivity contribution < 1.29 is 4.21 Å². The van der Waals surface area contributed by atoms with Gasteiger partial charge in [-0.15, -0.1) is 0 Å². The average Bonchev–Trinajstić information content (AvgIpc) is 3.16. The first-order valence-corrected chi connectivity index (χ1v) is 10.9. The Morgan fingerprint density at radius 2 is 2.12 bits per heavy atom. The monoisotopic (exact) mass is 457 g/mol. The fraction of sp³-hybridized carbons (Fsp3) is 0.625. The molecule has 0 aromatic carbocycles. The van der Waals surface area contributed by atoms with Gasteiger partial charge in [0.05, 0.1) is 5.39 Å². The number of likely N-dealkylation sites (tertiary alicyclic amines) is 1. The van der Waals surface area contributed by atoms with E-state index in [9.17, 15) is 4.21 Å². The third-order valence-corrected chi connectivity index (χ3v) is 8.52. The molecule has 2 aromatic heterocycles. The van der Waals surface area contributed by atoms with E-state index in [0.717, 1.165) is 39.2 Å². The van der Waals surface area contributed by atoms with Crippen LogP contribution in [-0.4, -0.2) is 53.8 Å². The summed E-state index contributed by atoms with van der Waals surface area (Å²) in [5.74, 6) is 2.22. The Hall–Kier alpha value is -0.740. The van der Waals surface area contributed by atoms with Gasteiger partial charge in [-0.05, 0) is 47.8 Å². The van der Waals surface area contributed by atoms with Crippen LogP contribution in [-0.2, 0) is 10.8 Å². The van der Waals surface area contributed by atoms with Gasteiger partial charge in [0.25, 0.3) is 0 Å². The van der Waals surface area contributed by atoms with E-state index in [1.807, 2.05) is 0 Å². The molecule has 24 heavy (non-hydrogen) atoms. The zero-order chi connectivity index (χ0) is 16.4. The molecule has 1 aliphatic carbocycles. The molecule has 2 N–H and O–H groups in total. The van der Waals surface area contributed by atoms with Crippen LogP contribution in [0.1, 0.15) is 25.3 Å². The normalized spacial score (nSPS) is 35.6. The molecule has 4 heterocycles. The minimum Gasteiger partial charge on any atom is -0.383 e. The first kappa shape index (κ1) is 15.5. The fourth-order valence-electron chi connectivity index (χ4n) is 4.60. The van der Waals surface area contributed by atoms with E-state index in [1.165, 1.54) is 19.4 Å². The molecule has 1 saturated carbocycles. The topological polar surface area (TPSA) is 77.0 Å². The zero-order valence-electron chi connectivity index (χ0n) is 13.3. The van der Waals surface area contributed by atoms with Crippen LogP contribution < -0.4 is 5.73 Å². The highest BCUT2D eigenvalue weighted by atomic mass is 127. The summed E-state index contributed by atoms with van der Waals surface area (Å²) < 4.78 is 15.2. The number of hydrogen-bond donors (Lipinski definition) is 1. The van der Waals surface area contributed by atoms with Crippen LogP contribution in [0.4, 0.5) is 5.82 Å². The van der Waals surface area contributed by atoms with Crippen molar-refractivity contribution in [3.8, 4) is 0 Å². The summed E-state index contributed by atoms with van der Waals surface area (Å²) in [6.45, 7) is 2.22. The second-order valence-electron chi connectivity index (χ2n) is 7.35. The summed E-state index contributed by atoms with van der Waals surface area (Å²) in [7, 11) is -0.555. The van der Waals surface area contributed by atoms with Gasteiger partial charge < -0.3 is 10.3 Å². The standard InChI is InChI=1S/C16H20IN5OS/c17-13-6-22(16-14(13)15(18)19-8-20-16)10-1-9(2-10)4-21-5-12-3-11(21)7-24(12)23/h6,8-12H,1-5,7H2,(H2,18,19,20)/t9?,10?,11-,12-,24?/m0/s1. The first-order chi connectivity index (χ1) is 11.6. The second-order valence-corrected chi connectivity index (χ2v) is 10.3. The number of halogens is 1. The fourth-order valence-corrected chi connectivity index (χ4v) is 7.21. The maximum Gasteiger partial charge on any atom is 0.146 e. The molecule has 5 rings (SSSR count). The first-order valence-electron chi connectivity index (χ1n) is 8.48. The molecule has 2 bridgehead atoms. The Labute approximate surface area is 156 Å². The van der Waals surface area contributed by atoms with E-state index in [2.05, 4.69) is 48.2 Å². The lowest BCUT2D eigenvalue weighted by Crippen LogP contribution is -2.44. The second kappa shape index (κ2) is 5.63. The van der Waals surface area contributed by atoms with E-state index in [-0.39, 0.29) is 0 Å². The minimum atomic E-state index is -0.555. The molecule has 0 radical (unpaired) electrons. The van der Waals surface area contributed by atoms with Gasteiger partial charge in [0.1, 0.15) is 17.8 Å². The summed E-state index contributed by atoms with van der Waals surface area (Å²) in [5.41, 5.74) is 6.98. The summed E-state index contributed by atoms with van der Waals surface area (Å²) in [4.78, 5) is 11.2. The molecule has 3 fully saturated rings. The maximum absolute atomic E-state index is 11.8. The molecule has 6 nitrogen and oxygen atoms in total. The van der Waals surface area contributed by atoms with Gasteiger partial charge in [0, 0.05) is 56.7 Å². The van der Waals surface area contributed by atoms with Crippen LogP contribution in [0.15, 0.2) is 12.5 Å². The third kappa shape index (κ3) is 2.33. The Morgan fingerprint density at radius 1 is 1.29 bits per heavy atom. The summed E-state index contributed by atoms with van der Waals surface area (Å²) >= 11 is 2.32. The van der Waals surface area contributed by atoms with E-state index in [0.29, 0.717) is 23.2 Å². The number of rotatable bonds is 3. The van der Waals surface area contributed by atoms with Crippen LogP contribution in [0.25, 0.3) is 11.0 Å². The van der Waals surface area contributed by atoms with Crippen molar-refractivity contribution in [3.05, 3.63) is 16.1 Å². The molecule has 128 valence electrons. The molecule has 2 saturated heterocycles. The smallest absolute Gasteiger partial charge is 0.146 e. The number of aromatic nitrogens is 3. The lowest BCUT2D eigenvalue weighted by atomic mass is 9.79. The van der Waals surface area contributed by atoms with Crippen molar-refractivity contribution in [3.63, 3.8) is 0 Å². The van der Waals surface area contributed by atoms with Crippen LogP contribution in [0, 0.1) is 9.49 Å². The van der Waals surface area contributed by atoms with Gasteiger partial charge in [-0.1, -0.05) is 0 Å². The number of nitrogens with zero attached hydrogens (tertiary/aromatic N) is 4. The van der Waals surface area contributed by atoms with Gasteiger partial charge >= 0.3 is 0 Å². The van der Waals surface area contributed by atoms with Crippen LogP contribution >= 0.6 is 22.6 Å². The van der Waals surface area contributed by atoms with E-state index >= 15 is 0 Å². The summed E-state index contributed by atoms with van der Waals surface area (Å²) in [6.07, 6.45) is 7.26. The molecular weight excluding hydrogens is 437 g/mol. The van der Waals surface area contributed by atoms with Gasteiger partial charge in [0.15, 0.2) is 0 Å². The van der Waals surface area contributed by atoms with Gasteiger partial charge in [0.2, 0.25) is 0 Å². The highest BCUT2D eigenvalue weighted by Crippen LogP contribution is 2.42. The number of anilines is 1. The number of nitrogen functional groups attached to an aromatic ring is 1. The molecule has 8 heteroatoms. The van der Waals surface area contributed by atoms with Crippen molar-refractivity contribution in [1.82, 2.24) is 19.4 Å². The zero-order valence-corrected chi connectivity index (χ0v) is 16.2. The predicted molar refractivity (Wildman–Crippen MR) is 103 cm³/mol. The van der Waals surface area contributed by atoms with Gasteiger partial charge in [-0.25, -0.2) is 9.97 Å². The lowest BCUT2D eigenvalue weighted by molar-refractivity contribution is 0.127. The third-order valence-electron chi connectivity index (χ3n) is 5.91. The molecule has 3 atom stereocenters.